The van der Waals surface area contributed by atoms with Gasteiger partial charge in [0.15, 0.2) is 0 Å². The molecule has 1 aliphatic rings. The van der Waals surface area contributed by atoms with E-state index in [0.29, 0.717) is 0 Å². The molecule has 0 bridgehead atoms. The van der Waals surface area contributed by atoms with Crippen molar-refractivity contribution in [1.82, 2.24) is 0 Å². The predicted molar refractivity (Wildman–Crippen MR) is 65.1 cm³/mol. The molecule has 0 saturated heterocycles. The third-order valence-corrected chi connectivity index (χ3v) is 2.25. The molecular weight excluding hydrogens is 194 g/mol. The zero-order valence-electron chi connectivity index (χ0n) is 8.02. The molecule has 0 aromatic heterocycles. The van der Waals surface area contributed by atoms with Crippen LogP contribution in [0.4, 0.5) is 5.69 Å². The summed E-state index contributed by atoms with van der Waals surface area (Å²) in [6.45, 7) is 5.67. The maximum absolute atomic E-state index is 3.76. The first-order valence-electron chi connectivity index (χ1n) is 4.53. The zero-order valence-corrected chi connectivity index (χ0v) is 8.83. The molecule has 0 N–H and O–H groups in total. The van der Waals surface area contributed by atoms with Gasteiger partial charge in [-0.15, -0.1) is 19.0 Å². The van der Waals surface area contributed by atoms with E-state index >= 15 is 0 Å². The summed E-state index contributed by atoms with van der Waals surface area (Å²) in [5.41, 5.74) is 2.61. The first kappa shape index (κ1) is 10.9. The van der Waals surface area contributed by atoms with Crippen molar-refractivity contribution in [3.05, 3.63) is 48.6 Å². The summed E-state index contributed by atoms with van der Waals surface area (Å²) in [4.78, 5) is 2.31. The predicted octanol–water partition coefficient (Wildman–Crippen LogP) is 3.13. The average molecular weight is 208 g/mol. The van der Waals surface area contributed by atoms with Crippen LogP contribution >= 0.6 is 12.4 Å². The Morgan fingerprint density at radius 2 is 2.14 bits per heavy atom. The van der Waals surface area contributed by atoms with Crippen molar-refractivity contribution < 1.29 is 0 Å². The molecule has 14 heavy (non-hydrogen) atoms. The van der Waals surface area contributed by atoms with Crippen molar-refractivity contribution in [2.24, 2.45) is 0 Å². The van der Waals surface area contributed by atoms with Crippen molar-refractivity contribution >= 4 is 24.2 Å². The van der Waals surface area contributed by atoms with Gasteiger partial charge in [0.25, 0.3) is 0 Å². The minimum atomic E-state index is 0. The number of halogens is 1. The Morgan fingerprint density at radius 3 is 2.93 bits per heavy atom. The fourth-order valence-corrected chi connectivity index (χ4v) is 1.65. The van der Waals surface area contributed by atoms with E-state index in [4.69, 9.17) is 0 Å². The lowest BCUT2D eigenvalue weighted by Gasteiger charge is -2.26. The molecule has 0 amide bonds. The quantitative estimate of drug-likeness (QED) is 0.674. The molecule has 1 aromatic carbocycles. The smallest absolute Gasteiger partial charge is 0.0445 e. The van der Waals surface area contributed by atoms with E-state index in [2.05, 4.69) is 47.9 Å². The second-order valence-corrected chi connectivity index (χ2v) is 3.15. The molecule has 1 aromatic rings. The second kappa shape index (κ2) is 4.87. The van der Waals surface area contributed by atoms with E-state index in [-0.39, 0.29) is 12.4 Å². The Hall–Kier alpha value is -1.21. The van der Waals surface area contributed by atoms with Crippen LogP contribution in [0.2, 0.25) is 0 Å². The van der Waals surface area contributed by atoms with E-state index in [1.807, 2.05) is 6.08 Å². The molecule has 0 spiro atoms. The van der Waals surface area contributed by atoms with Gasteiger partial charge in [-0.05, 0) is 11.6 Å². The number of hydrogen-bond donors (Lipinski definition) is 0. The fourth-order valence-electron chi connectivity index (χ4n) is 1.65. The molecule has 0 saturated carbocycles. The minimum Gasteiger partial charge on any atom is -0.364 e. The molecule has 2 rings (SSSR count). The lowest BCUT2D eigenvalue weighted by atomic mass is 10.1. The van der Waals surface area contributed by atoms with Gasteiger partial charge in [0, 0.05) is 18.8 Å². The Bertz CT molecular complexity index is 344. The Labute approximate surface area is 91.1 Å². The maximum atomic E-state index is 3.76. The number of anilines is 1. The summed E-state index contributed by atoms with van der Waals surface area (Å²) in [6.07, 6.45) is 6.30. The van der Waals surface area contributed by atoms with Crippen molar-refractivity contribution in [1.29, 1.82) is 0 Å². The number of hydrogen-bond acceptors (Lipinski definition) is 1. The van der Waals surface area contributed by atoms with Crippen LogP contribution in [0, 0.1) is 0 Å². The van der Waals surface area contributed by atoms with Crippen LogP contribution in [-0.2, 0) is 0 Å². The molecule has 0 unspecified atom stereocenters. The first-order chi connectivity index (χ1) is 6.42. The third-order valence-electron chi connectivity index (χ3n) is 2.25. The van der Waals surface area contributed by atoms with E-state index < -0.39 is 0 Å². The van der Waals surface area contributed by atoms with Crippen LogP contribution in [0.1, 0.15) is 5.56 Å². The Morgan fingerprint density at radius 1 is 1.36 bits per heavy atom. The largest absolute Gasteiger partial charge is 0.364 e. The van der Waals surface area contributed by atoms with Crippen molar-refractivity contribution in [3.8, 4) is 0 Å². The van der Waals surface area contributed by atoms with Crippen LogP contribution in [0.15, 0.2) is 43.0 Å². The van der Waals surface area contributed by atoms with Gasteiger partial charge in [-0.2, -0.15) is 0 Å². The van der Waals surface area contributed by atoms with Crippen LogP contribution in [0.5, 0.6) is 0 Å². The molecule has 2 heteroatoms. The molecule has 1 nitrogen and oxygen atoms in total. The molecule has 1 heterocycles. The van der Waals surface area contributed by atoms with Crippen LogP contribution in [0.25, 0.3) is 6.08 Å². The topological polar surface area (TPSA) is 3.24 Å². The molecular formula is C12H14ClN. The van der Waals surface area contributed by atoms with Gasteiger partial charge >= 0.3 is 0 Å². The van der Waals surface area contributed by atoms with E-state index in [1.54, 1.807) is 0 Å². The lowest BCUT2D eigenvalue weighted by molar-refractivity contribution is 0.947. The standard InChI is InChI=1S/C12H13N.ClH/c1-2-9-13-10-5-7-11-6-3-4-8-12(11)13;/h2-8H,1,9-10H2;1H. The maximum Gasteiger partial charge on any atom is 0.0445 e. The summed E-state index contributed by atoms with van der Waals surface area (Å²) in [6, 6.07) is 8.44. The summed E-state index contributed by atoms with van der Waals surface area (Å²) < 4.78 is 0. The summed E-state index contributed by atoms with van der Waals surface area (Å²) in [5.74, 6) is 0. The third kappa shape index (κ3) is 1.99. The number of rotatable bonds is 2. The van der Waals surface area contributed by atoms with Crippen molar-refractivity contribution in [3.63, 3.8) is 0 Å². The molecule has 0 fully saturated rings. The normalized spacial score (nSPS) is 13.0. The monoisotopic (exact) mass is 207 g/mol. The van der Waals surface area contributed by atoms with Gasteiger partial charge < -0.3 is 4.90 Å². The number of nitrogens with zero attached hydrogens (tertiary/aromatic N) is 1. The van der Waals surface area contributed by atoms with Gasteiger partial charge in [-0.1, -0.05) is 36.4 Å². The molecule has 0 aliphatic carbocycles. The first-order valence-corrected chi connectivity index (χ1v) is 4.53. The molecule has 0 atom stereocenters. The number of fused-ring (bicyclic) bond motifs is 1. The number of para-hydroxylation sites is 1. The van der Waals surface area contributed by atoms with E-state index in [1.165, 1.54) is 11.3 Å². The van der Waals surface area contributed by atoms with Gasteiger partial charge in [-0.25, -0.2) is 0 Å². The summed E-state index contributed by atoms with van der Waals surface area (Å²) >= 11 is 0. The van der Waals surface area contributed by atoms with Gasteiger partial charge in [0.1, 0.15) is 0 Å². The molecule has 0 radical (unpaired) electrons. The molecule has 1 aliphatic heterocycles. The van der Waals surface area contributed by atoms with Crippen LogP contribution in [0.3, 0.4) is 0 Å². The highest BCUT2D eigenvalue weighted by atomic mass is 35.5. The van der Waals surface area contributed by atoms with E-state index in [9.17, 15) is 0 Å². The number of benzene rings is 1. The highest BCUT2D eigenvalue weighted by molar-refractivity contribution is 5.85. The van der Waals surface area contributed by atoms with Crippen LogP contribution in [-0.4, -0.2) is 13.1 Å². The van der Waals surface area contributed by atoms with Gasteiger partial charge in [0.2, 0.25) is 0 Å². The lowest BCUT2D eigenvalue weighted by Crippen LogP contribution is -2.25. The highest BCUT2D eigenvalue weighted by Gasteiger charge is 2.09. The molecule has 74 valence electrons. The zero-order chi connectivity index (χ0) is 9.10. The SMILES string of the molecule is C=CCN1CC=Cc2ccccc21.Cl. The van der Waals surface area contributed by atoms with Gasteiger partial charge in [-0.3, -0.25) is 0 Å². The summed E-state index contributed by atoms with van der Waals surface area (Å²) in [7, 11) is 0. The highest BCUT2D eigenvalue weighted by Crippen LogP contribution is 2.24. The van der Waals surface area contributed by atoms with Gasteiger partial charge in [0.05, 0.1) is 0 Å². The minimum absolute atomic E-state index is 0. The average Bonchev–Trinajstić information content (AvgIpc) is 2.19. The fraction of sp³-hybridized carbons (Fsp3) is 0.167. The summed E-state index contributed by atoms with van der Waals surface area (Å²) in [5, 5.41) is 0. The Balaban J connectivity index is 0.000000980. The van der Waals surface area contributed by atoms with Crippen molar-refractivity contribution in [2.75, 3.05) is 18.0 Å². The Kier molecular flexibility index (Phi) is 3.78. The van der Waals surface area contributed by atoms with E-state index in [0.717, 1.165) is 13.1 Å². The second-order valence-electron chi connectivity index (χ2n) is 3.15. The van der Waals surface area contributed by atoms with Crippen LogP contribution < -0.4 is 4.90 Å². The van der Waals surface area contributed by atoms with Crippen molar-refractivity contribution in [2.45, 2.75) is 0 Å².